The Bertz CT molecular complexity index is 734. The molecule has 1 fully saturated rings. The maximum atomic E-state index is 12.1. The van der Waals surface area contributed by atoms with Crippen molar-refractivity contribution in [3.63, 3.8) is 0 Å². The number of nitrogens with one attached hydrogen (secondary N) is 1. The summed E-state index contributed by atoms with van der Waals surface area (Å²) in [7, 11) is 0. The van der Waals surface area contributed by atoms with E-state index >= 15 is 0 Å². The van der Waals surface area contributed by atoms with Crippen molar-refractivity contribution in [2.45, 2.75) is 26.3 Å². The highest BCUT2D eigenvalue weighted by Crippen LogP contribution is 2.23. The predicted octanol–water partition coefficient (Wildman–Crippen LogP) is 0.311. The summed E-state index contributed by atoms with van der Waals surface area (Å²) in [5.41, 5.74) is 19.5. The Labute approximate surface area is 166 Å². The Morgan fingerprint density at radius 3 is 2.43 bits per heavy atom. The van der Waals surface area contributed by atoms with Gasteiger partial charge in [-0.1, -0.05) is 19.1 Å². The molecule has 1 atom stereocenters. The Balaban J connectivity index is 2.00. The first kappa shape index (κ1) is 21.4. The number of nitrogens with zero attached hydrogens (tertiary/aromatic N) is 2. The van der Waals surface area contributed by atoms with E-state index in [0.29, 0.717) is 36.6 Å². The first-order valence-corrected chi connectivity index (χ1v) is 9.59. The normalized spacial score (nSPS) is 16.5. The van der Waals surface area contributed by atoms with Gasteiger partial charge in [0.1, 0.15) is 11.6 Å². The first-order chi connectivity index (χ1) is 13.3. The zero-order valence-corrected chi connectivity index (χ0v) is 16.7. The fourth-order valence-corrected chi connectivity index (χ4v) is 3.07. The van der Waals surface area contributed by atoms with Crippen LogP contribution in [-0.4, -0.2) is 59.6 Å². The van der Waals surface area contributed by atoms with Gasteiger partial charge < -0.3 is 32.5 Å². The van der Waals surface area contributed by atoms with Crippen molar-refractivity contribution in [3.8, 4) is 5.75 Å². The monoisotopic (exact) mass is 388 g/mol. The number of carbonyl (C=O) groups excluding carboxylic acids is 1. The minimum Gasteiger partial charge on any atom is -0.507 e. The molecule has 0 saturated carbocycles. The molecular formula is C20H32N6O2. The van der Waals surface area contributed by atoms with Gasteiger partial charge in [-0.2, -0.15) is 0 Å². The maximum Gasteiger partial charge on any atom is 0.234 e. The van der Waals surface area contributed by atoms with Crippen molar-refractivity contribution in [1.29, 1.82) is 0 Å². The molecule has 8 heteroatoms. The van der Waals surface area contributed by atoms with Crippen LogP contribution in [-0.2, 0) is 4.79 Å². The Morgan fingerprint density at radius 2 is 1.86 bits per heavy atom. The lowest BCUT2D eigenvalue weighted by Gasteiger charge is -2.36. The van der Waals surface area contributed by atoms with Gasteiger partial charge in [0.05, 0.1) is 12.2 Å². The summed E-state index contributed by atoms with van der Waals surface area (Å²) in [6.45, 7) is 7.21. The summed E-state index contributed by atoms with van der Waals surface area (Å²) >= 11 is 0. The molecule has 8 N–H and O–H groups in total. The average Bonchev–Trinajstić information content (AvgIpc) is 2.66. The number of phenols is 1. The minimum absolute atomic E-state index is 0.0422. The van der Waals surface area contributed by atoms with Crippen LogP contribution in [0.2, 0.25) is 0 Å². The van der Waals surface area contributed by atoms with Crippen LogP contribution in [0.5, 0.6) is 5.75 Å². The van der Waals surface area contributed by atoms with Crippen LogP contribution in [0, 0.1) is 0 Å². The van der Waals surface area contributed by atoms with Crippen molar-refractivity contribution < 1.29 is 9.90 Å². The number of hydrogen-bond acceptors (Lipinski definition) is 7. The molecule has 0 aromatic heterocycles. The third-order valence-corrected chi connectivity index (χ3v) is 4.90. The van der Waals surface area contributed by atoms with Gasteiger partial charge in [0.15, 0.2) is 0 Å². The van der Waals surface area contributed by atoms with Gasteiger partial charge >= 0.3 is 0 Å². The van der Waals surface area contributed by atoms with Crippen LogP contribution in [0.4, 0.5) is 0 Å². The lowest BCUT2D eigenvalue weighted by Crippen LogP contribution is -2.50. The Morgan fingerprint density at radius 1 is 1.21 bits per heavy atom. The van der Waals surface area contributed by atoms with Crippen molar-refractivity contribution in [2.75, 3.05) is 32.7 Å². The SMILES string of the molecule is CCC(C)NC(=O)CN1CCN(C(/C=C(\N)c2ccccc2O)=C(N)N)CC1. The summed E-state index contributed by atoms with van der Waals surface area (Å²) in [6, 6.07) is 7.03. The third kappa shape index (κ3) is 5.82. The lowest BCUT2D eigenvalue weighted by molar-refractivity contribution is -0.123. The summed E-state index contributed by atoms with van der Waals surface area (Å²) < 4.78 is 0. The van der Waals surface area contributed by atoms with Crippen LogP contribution in [0.25, 0.3) is 5.70 Å². The highest BCUT2D eigenvalue weighted by atomic mass is 16.3. The summed E-state index contributed by atoms with van der Waals surface area (Å²) in [6.07, 6.45) is 2.60. The lowest BCUT2D eigenvalue weighted by atomic mass is 10.1. The average molecular weight is 389 g/mol. The summed E-state index contributed by atoms with van der Waals surface area (Å²) in [5.74, 6) is 0.310. The van der Waals surface area contributed by atoms with E-state index in [-0.39, 0.29) is 23.5 Å². The Kier molecular flexibility index (Phi) is 7.57. The van der Waals surface area contributed by atoms with Gasteiger partial charge in [0, 0.05) is 43.5 Å². The van der Waals surface area contributed by atoms with Crippen LogP contribution in [0.3, 0.4) is 0 Å². The number of aromatic hydroxyl groups is 1. The highest BCUT2D eigenvalue weighted by molar-refractivity contribution is 5.78. The molecule has 1 heterocycles. The fraction of sp³-hybridized carbons (Fsp3) is 0.450. The van der Waals surface area contributed by atoms with Gasteiger partial charge in [-0.05, 0) is 31.6 Å². The quantitative estimate of drug-likeness (QED) is 0.424. The number of allylic oxidation sites excluding steroid dienone is 1. The van der Waals surface area contributed by atoms with Gasteiger partial charge in [0.2, 0.25) is 5.91 Å². The van der Waals surface area contributed by atoms with Crippen molar-refractivity contribution in [3.05, 3.63) is 47.4 Å². The Hall–Kier alpha value is -2.87. The number of benzene rings is 1. The number of amides is 1. The van der Waals surface area contributed by atoms with E-state index in [1.807, 2.05) is 18.7 Å². The summed E-state index contributed by atoms with van der Waals surface area (Å²) in [5, 5.41) is 13.0. The number of phenolic OH excluding ortho intramolecular Hbond substituents is 1. The van der Waals surface area contributed by atoms with Crippen LogP contribution < -0.4 is 22.5 Å². The second-order valence-electron chi connectivity index (χ2n) is 7.10. The van der Waals surface area contributed by atoms with Crippen LogP contribution in [0.1, 0.15) is 25.8 Å². The molecule has 1 aromatic carbocycles. The van der Waals surface area contributed by atoms with E-state index in [4.69, 9.17) is 17.2 Å². The van der Waals surface area contributed by atoms with Crippen LogP contribution in [0.15, 0.2) is 41.9 Å². The molecule has 1 saturated heterocycles. The third-order valence-electron chi connectivity index (χ3n) is 4.90. The standard InChI is InChI=1S/C20H32N6O2/c1-3-14(2)24-19(28)13-25-8-10-26(11-9-25)17(20(22)23)12-16(21)15-6-4-5-7-18(15)27/h4-7,12,14,27H,3,8-11,13,21-23H2,1-2H3,(H,24,28)/b16-12-. The second-order valence-corrected chi connectivity index (χ2v) is 7.10. The number of nitrogens with two attached hydrogens (primary N) is 3. The van der Waals surface area contributed by atoms with E-state index in [1.54, 1.807) is 30.3 Å². The van der Waals surface area contributed by atoms with E-state index in [0.717, 1.165) is 19.5 Å². The van der Waals surface area contributed by atoms with Crippen molar-refractivity contribution in [2.24, 2.45) is 17.2 Å². The number of rotatable bonds is 7. The summed E-state index contributed by atoms with van der Waals surface area (Å²) in [4.78, 5) is 16.2. The largest absolute Gasteiger partial charge is 0.507 e. The molecule has 1 unspecified atom stereocenters. The minimum atomic E-state index is 0.0422. The first-order valence-electron chi connectivity index (χ1n) is 9.59. The fourth-order valence-electron chi connectivity index (χ4n) is 3.07. The second kappa shape index (κ2) is 9.89. The topological polar surface area (TPSA) is 134 Å². The molecule has 0 bridgehead atoms. The van der Waals surface area contributed by atoms with Gasteiger partial charge in [-0.25, -0.2) is 0 Å². The predicted molar refractivity (Wildman–Crippen MR) is 112 cm³/mol. The molecule has 28 heavy (non-hydrogen) atoms. The van der Waals surface area contributed by atoms with Gasteiger partial charge in [0.25, 0.3) is 0 Å². The van der Waals surface area contributed by atoms with Crippen LogP contribution >= 0.6 is 0 Å². The molecule has 2 rings (SSSR count). The van der Waals surface area contributed by atoms with Gasteiger partial charge in [-0.3, -0.25) is 9.69 Å². The molecule has 154 valence electrons. The molecule has 8 nitrogen and oxygen atoms in total. The number of piperazine rings is 1. The molecule has 0 radical (unpaired) electrons. The zero-order chi connectivity index (χ0) is 20.7. The molecule has 1 aliphatic heterocycles. The van der Waals surface area contributed by atoms with E-state index in [1.165, 1.54) is 0 Å². The number of carbonyl (C=O) groups is 1. The molecule has 1 aliphatic rings. The number of hydrogen-bond donors (Lipinski definition) is 5. The van der Waals surface area contributed by atoms with Gasteiger partial charge in [-0.15, -0.1) is 0 Å². The molecule has 1 amide bonds. The molecule has 1 aromatic rings. The smallest absolute Gasteiger partial charge is 0.234 e. The van der Waals surface area contributed by atoms with Crippen molar-refractivity contribution >= 4 is 11.6 Å². The van der Waals surface area contributed by atoms with Crippen molar-refractivity contribution in [1.82, 2.24) is 15.1 Å². The maximum absolute atomic E-state index is 12.1. The van der Waals surface area contributed by atoms with E-state index in [9.17, 15) is 9.90 Å². The highest BCUT2D eigenvalue weighted by Gasteiger charge is 2.21. The van der Waals surface area contributed by atoms with E-state index < -0.39 is 0 Å². The zero-order valence-electron chi connectivity index (χ0n) is 16.7. The van der Waals surface area contributed by atoms with E-state index in [2.05, 4.69) is 10.2 Å². The number of para-hydroxylation sites is 1. The molecule has 0 aliphatic carbocycles. The molecule has 0 spiro atoms. The molecular weight excluding hydrogens is 356 g/mol.